The van der Waals surface area contributed by atoms with Gasteiger partial charge in [0.05, 0.1) is 13.7 Å². The summed E-state index contributed by atoms with van der Waals surface area (Å²) in [5.74, 6) is 0.772. The van der Waals surface area contributed by atoms with Crippen LogP contribution in [0.5, 0.6) is 11.5 Å². The van der Waals surface area contributed by atoms with Gasteiger partial charge in [-0.3, -0.25) is 0 Å². The van der Waals surface area contributed by atoms with Gasteiger partial charge in [-0.05, 0) is 61.7 Å². The van der Waals surface area contributed by atoms with Crippen LogP contribution in [0.2, 0.25) is 5.02 Å². The van der Waals surface area contributed by atoms with Crippen LogP contribution in [0.3, 0.4) is 0 Å². The minimum absolute atomic E-state index is 0.298. The second-order valence-corrected chi connectivity index (χ2v) is 5.97. The van der Waals surface area contributed by atoms with E-state index in [9.17, 15) is 4.79 Å². The van der Waals surface area contributed by atoms with Crippen molar-refractivity contribution in [2.75, 3.05) is 7.11 Å². The molecule has 1 atom stereocenters. The lowest BCUT2D eigenvalue weighted by Crippen LogP contribution is -2.25. The molecule has 0 aliphatic heterocycles. The van der Waals surface area contributed by atoms with E-state index in [1.807, 2.05) is 38.1 Å². The van der Waals surface area contributed by atoms with Crippen LogP contribution in [-0.4, -0.2) is 19.2 Å². The molecule has 0 aliphatic carbocycles. The number of methoxy groups -OCH3 is 1. The van der Waals surface area contributed by atoms with Crippen LogP contribution in [0.4, 0.5) is 0 Å². The molecule has 0 spiro atoms. The number of rotatable bonds is 6. The molecule has 2 rings (SSSR count). The van der Waals surface area contributed by atoms with Crippen LogP contribution in [0.25, 0.3) is 0 Å². The van der Waals surface area contributed by atoms with E-state index in [0.717, 1.165) is 22.4 Å². The lowest BCUT2D eigenvalue weighted by atomic mass is 10.1. The summed E-state index contributed by atoms with van der Waals surface area (Å²) < 4.78 is 16.1. The molecule has 128 valence electrons. The minimum atomic E-state index is -0.688. The molecule has 2 aromatic rings. The van der Waals surface area contributed by atoms with Crippen LogP contribution in [0, 0.1) is 13.8 Å². The molecule has 1 unspecified atom stereocenters. The van der Waals surface area contributed by atoms with Gasteiger partial charge in [0.2, 0.25) is 0 Å². The fraction of sp³-hybridized carbons (Fsp3) is 0.316. The van der Waals surface area contributed by atoms with E-state index >= 15 is 0 Å². The van der Waals surface area contributed by atoms with Gasteiger partial charge in [0.1, 0.15) is 11.5 Å². The third-order valence-corrected chi connectivity index (χ3v) is 4.19. The van der Waals surface area contributed by atoms with E-state index < -0.39 is 12.1 Å². The van der Waals surface area contributed by atoms with Gasteiger partial charge in [-0.15, -0.1) is 0 Å². The average molecular weight is 349 g/mol. The minimum Gasteiger partial charge on any atom is -0.497 e. The Morgan fingerprint density at radius 1 is 1.12 bits per heavy atom. The topological polar surface area (TPSA) is 44.8 Å². The Morgan fingerprint density at radius 3 is 2.42 bits per heavy atom. The molecule has 2 aromatic carbocycles. The fourth-order valence-corrected chi connectivity index (χ4v) is 2.32. The lowest BCUT2D eigenvalue weighted by Gasteiger charge is -2.14. The van der Waals surface area contributed by atoms with Gasteiger partial charge in [0.25, 0.3) is 0 Å². The van der Waals surface area contributed by atoms with Crippen LogP contribution < -0.4 is 9.47 Å². The predicted octanol–water partition coefficient (Wildman–Crippen LogP) is 4.48. The van der Waals surface area contributed by atoms with Gasteiger partial charge in [0, 0.05) is 5.02 Å². The molecular formula is C19H21ClO4. The summed E-state index contributed by atoms with van der Waals surface area (Å²) in [6.07, 6.45) is -0.688. The molecule has 0 fully saturated rings. The van der Waals surface area contributed by atoms with Crippen LogP contribution in [0.15, 0.2) is 36.4 Å². The highest BCUT2D eigenvalue weighted by Crippen LogP contribution is 2.26. The van der Waals surface area contributed by atoms with Crippen LogP contribution in [-0.2, 0) is 16.1 Å². The van der Waals surface area contributed by atoms with Crippen molar-refractivity contribution < 1.29 is 19.0 Å². The Balaban J connectivity index is 1.94. The van der Waals surface area contributed by atoms with Crippen LogP contribution in [0.1, 0.15) is 23.6 Å². The number of hydrogen-bond acceptors (Lipinski definition) is 4. The smallest absolute Gasteiger partial charge is 0.340 e. The van der Waals surface area contributed by atoms with Gasteiger partial charge >= 0.3 is 5.97 Å². The number of esters is 1. The molecule has 0 saturated carbocycles. The highest BCUT2D eigenvalue weighted by Gasteiger charge is 2.17. The molecule has 0 radical (unpaired) electrons. The van der Waals surface area contributed by atoms with E-state index in [0.29, 0.717) is 17.4 Å². The number of carbonyl (C=O) groups is 1. The van der Waals surface area contributed by atoms with Crippen molar-refractivity contribution in [1.29, 1.82) is 0 Å². The second kappa shape index (κ2) is 8.18. The molecule has 0 saturated heterocycles. The number of halogens is 1. The highest BCUT2D eigenvalue weighted by atomic mass is 35.5. The monoisotopic (exact) mass is 348 g/mol. The first-order chi connectivity index (χ1) is 11.4. The van der Waals surface area contributed by atoms with Crippen molar-refractivity contribution >= 4 is 17.6 Å². The number of benzene rings is 2. The molecular weight excluding hydrogens is 328 g/mol. The van der Waals surface area contributed by atoms with Crippen molar-refractivity contribution in [3.05, 3.63) is 58.1 Å². The molecule has 0 heterocycles. The summed E-state index contributed by atoms with van der Waals surface area (Å²) in [5, 5.41) is 0.678. The Labute approximate surface area is 147 Å². The number of carbonyl (C=O) groups excluding carboxylic acids is 1. The standard InChI is InChI=1S/C19H21ClO4/c1-12-8-17(9-13(2)18(12)20)24-19(21)14(3)23-11-15-6-5-7-16(10-15)22-4/h5-10,14H,11H2,1-4H3. The van der Waals surface area contributed by atoms with Crippen molar-refractivity contribution in [2.24, 2.45) is 0 Å². The number of ether oxygens (including phenoxy) is 3. The highest BCUT2D eigenvalue weighted by molar-refractivity contribution is 6.32. The molecule has 5 heteroatoms. The number of hydrogen-bond donors (Lipinski definition) is 0. The summed E-state index contributed by atoms with van der Waals surface area (Å²) in [6, 6.07) is 11.0. The second-order valence-electron chi connectivity index (χ2n) is 5.60. The maximum Gasteiger partial charge on any atom is 0.340 e. The Kier molecular flexibility index (Phi) is 6.23. The summed E-state index contributed by atoms with van der Waals surface area (Å²) in [5.41, 5.74) is 2.65. The van der Waals surface area contributed by atoms with Gasteiger partial charge in [-0.1, -0.05) is 23.7 Å². The summed E-state index contributed by atoms with van der Waals surface area (Å²) >= 11 is 6.12. The van der Waals surface area contributed by atoms with Crippen molar-refractivity contribution in [2.45, 2.75) is 33.5 Å². The third kappa shape index (κ3) is 4.73. The van der Waals surface area contributed by atoms with Crippen molar-refractivity contribution in [1.82, 2.24) is 0 Å². The van der Waals surface area contributed by atoms with Gasteiger partial charge < -0.3 is 14.2 Å². The van der Waals surface area contributed by atoms with Gasteiger partial charge in [-0.2, -0.15) is 0 Å². The van der Waals surface area contributed by atoms with E-state index in [-0.39, 0.29) is 0 Å². The van der Waals surface area contributed by atoms with Gasteiger partial charge in [0.15, 0.2) is 6.10 Å². The molecule has 0 amide bonds. The first-order valence-corrected chi connectivity index (χ1v) is 8.01. The summed E-state index contributed by atoms with van der Waals surface area (Å²) in [6.45, 7) is 5.70. The van der Waals surface area contributed by atoms with E-state index in [1.165, 1.54) is 0 Å². The molecule has 4 nitrogen and oxygen atoms in total. The zero-order valence-electron chi connectivity index (χ0n) is 14.3. The van der Waals surface area contributed by atoms with Gasteiger partial charge in [-0.25, -0.2) is 4.79 Å². The molecule has 0 aliphatic rings. The zero-order chi connectivity index (χ0) is 17.7. The average Bonchev–Trinajstić information content (AvgIpc) is 2.57. The quantitative estimate of drug-likeness (QED) is 0.570. The molecule has 0 bridgehead atoms. The first kappa shape index (κ1) is 18.3. The van der Waals surface area contributed by atoms with Crippen molar-refractivity contribution in [3.8, 4) is 11.5 Å². The Bertz CT molecular complexity index is 704. The summed E-state index contributed by atoms with van der Waals surface area (Å²) in [7, 11) is 1.61. The first-order valence-electron chi connectivity index (χ1n) is 7.63. The predicted molar refractivity (Wildman–Crippen MR) is 93.8 cm³/mol. The van der Waals surface area contributed by atoms with E-state index in [4.69, 9.17) is 25.8 Å². The zero-order valence-corrected chi connectivity index (χ0v) is 15.0. The maximum absolute atomic E-state index is 12.2. The fourth-order valence-electron chi connectivity index (χ4n) is 2.22. The Morgan fingerprint density at radius 2 is 1.79 bits per heavy atom. The Hall–Kier alpha value is -2.04. The molecule has 24 heavy (non-hydrogen) atoms. The largest absolute Gasteiger partial charge is 0.497 e. The SMILES string of the molecule is COc1cccc(COC(C)C(=O)Oc2cc(C)c(Cl)c(C)c2)c1. The summed E-state index contributed by atoms with van der Waals surface area (Å²) in [4.78, 5) is 12.2. The maximum atomic E-state index is 12.2. The number of aryl methyl sites for hydroxylation is 2. The lowest BCUT2D eigenvalue weighted by molar-refractivity contribution is -0.147. The van der Waals surface area contributed by atoms with Crippen molar-refractivity contribution in [3.63, 3.8) is 0 Å². The van der Waals surface area contributed by atoms with E-state index in [1.54, 1.807) is 26.2 Å². The molecule has 0 aromatic heterocycles. The molecule has 0 N–H and O–H groups in total. The normalized spacial score (nSPS) is 11.9. The third-order valence-electron chi connectivity index (χ3n) is 3.59. The van der Waals surface area contributed by atoms with Crippen LogP contribution >= 0.6 is 11.6 Å². The van der Waals surface area contributed by atoms with E-state index in [2.05, 4.69) is 0 Å².